The van der Waals surface area contributed by atoms with Gasteiger partial charge >= 0.3 is 18.2 Å². The Hall–Kier alpha value is -2.00. The van der Waals surface area contributed by atoms with Crippen LogP contribution in [0.3, 0.4) is 0 Å². The molecule has 0 aliphatic heterocycles. The standard InChI is InChI=1S/C6H8F3N5O2/c1-16-5-12-3(13-14-5)11-4(15)10-2-6(7,8)9/h2H2,1H3,(H3,10,11,12,13,14,15). The molecule has 0 spiro atoms. The van der Waals surface area contributed by atoms with Crippen LogP contribution in [0, 0.1) is 0 Å². The zero-order chi connectivity index (χ0) is 12.2. The lowest BCUT2D eigenvalue weighted by Gasteiger charge is -2.07. The Balaban J connectivity index is 2.40. The predicted octanol–water partition coefficient (Wildman–Crippen LogP) is 0.497. The number of methoxy groups -OCH3 is 1. The fourth-order valence-electron chi connectivity index (χ4n) is 0.726. The summed E-state index contributed by atoms with van der Waals surface area (Å²) >= 11 is 0. The third kappa shape index (κ3) is 4.02. The van der Waals surface area contributed by atoms with Gasteiger partial charge in [0.2, 0.25) is 5.95 Å². The minimum atomic E-state index is -4.46. The molecule has 0 aliphatic carbocycles. The summed E-state index contributed by atoms with van der Waals surface area (Å²) in [5, 5.41) is 9.32. The van der Waals surface area contributed by atoms with E-state index >= 15 is 0 Å². The third-order valence-corrected chi connectivity index (χ3v) is 1.33. The summed E-state index contributed by atoms with van der Waals surface area (Å²) in [5.41, 5.74) is 0. The number of hydrogen-bond acceptors (Lipinski definition) is 4. The summed E-state index contributed by atoms with van der Waals surface area (Å²) in [6, 6.07) is -1.08. The Morgan fingerprint density at radius 3 is 2.75 bits per heavy atom. The van der Waals surface area contributed by atoms with Crippen molar-refractivity contribution in [2.75, 3.05) is 19.0 Å². The topological polar surface area (TPSA) is 91.9 Å². The molecule has 0 atom stereocenters. The van der Waals surface area contributed by atoms with Crippen LogP contribution in [0.5, 0.6) is 6.01 Å². The first-order chi connectivity index (χ1) is 7.40. The van der Waals surface area contributed by atoms with Gasteiger partial charge in [-0.05, 0) is 0 Å². The quantitative estimate of drug-likeness (QED) is 0.716. The number of aromatic amines is 1. The summed E-state index contributed by atoms with van der Waals surface area (Å²) in [7, 11) is 1.30. The van der Waals surface area contributed by atoms with Crippen molar-refractivity contribution in [3.63, 3.8) is 0 Å². The summed E-state index contributed by atoms with van der Waals surface area (Å²) in [5.74, 6) is -0.114. The van der Waals surface area contributed by atoms with Gasteiger partial charge in [0, 0.05) is 0 Å². The number of carbonyl (C=O) groups is 1. The van der Waals surface area contributed by atoms with Crippen LogP contribution in [0.15, 0.2) is 0 Å². The molecule has 7 nitrogen and oxygen atoms in total. The summed E-state index contributed by atoms with van der Waals surface area (Å²) in [6.07, 6.45) is -4.46. The monoisotopic (exact) mass is 239 g/mol. The van der Waals surface area contributed by atoms with Crippen molar-refractivity contribution in [1.82, 2.24) is 20.5 Å². The van der Waals surface area contributed by atoms with Crippen LogP contribution in [-0.2, 0) is 0 Å². The maximum Gasteiger partial charge on any atom is 0.405 e. The van der Waals surface area contributed by atoms with Crippen LogP contribution in [0.1, 0.15) is 0 Å². The van der Waals surface area contributed by atoms with E-state index < -0.39 is 18.8 Å². The Kier molecular flexibility index (Phi) is 3.53. The minimum absolute atomic E-state index is 0.0360. The van der Waals surface area contributed by atoms with Crippen LogP contribution in [0.25, 0.3) is 0 Å². The molecule has 1 rings (SSSR count). The fourth-order valence-corrected chi connectivity index (χ4v) is 0.726. The largest absolute Gasteiger partial charge is 0.466 e. The molecule has 0 unspecified atom stereocenters. The Bertz CT molecular complexity index is 363. The van der Waals surface area contributed by atoms with Crippen molar-refractivity contribution in [3.8, 4) is 6.01 Å². The first-order valence-corrected chi connectivity index (χ1v) is 3.98. The van der Waals surface area contributed by atoms with Gasteiger partial charge in [0.05, 0.1) is 7.11 Å². The van der Waals surface area contributed by atoms with Crippen molar-refractivity contribution >= 4 is 12.0 Å². The number of H-pyrrole nitrogens is 1. The first-order valence-electron chi connectivity index (χ1n) is 3.98. The van der Waals surface area contributed by atoms with Crippen LogP contribution >= 0.6 is 0 Å². The van der Waals surface area contributed by atoms with Gasteiger partial charge in [-0.15, -0.1) is 5.10 Å². The normalized spacial score (nSPS) is 11.0. The first kappa shape index (κ1) is 12.1. The predicted molar refractivity (Wildman–Crippen MR) is 46.0 cm³/mol. The van der Waals surface area contributed by atoms with Gasteiger partial charge in [0.15, 0.2) is 0 Å². The second-order valence-electron chi connectivity index (χ2n) is 2.59. The van der Waals surface area contributed by atoms with E-state index in [1.165, 1.54) is 7.11 Å². The molecule has 2 amide bonds. The van der Waals surface area contributed by atoms with E-state index in [1.54, 1.807) is 5.32 Å². The zero-order valence-corrected chi connectivity index (χ0v) is 8.05. The summed E-state index contributed by atoms with van der Waals surface area (Å²) in [6.45, 7) is -1.43. The van der Waals surface area contributed by atoms with E-state index in [4.69, 9.17) is 0 Å². The van der Waals surface area contributed by atoms with Crippen molar-refractivity contribution in [2.45, 2.75) is 6.18 Å². The SMILES string of the molecule is COc1n[nH]c(NC(=O)NCC(F)(F)F)n1. The molecule has 10 heteroatoms. The van der Waals surface area contributed by atoms with Crippen molar-refractivity contribution in [3.05, 3.63) is 0 Å². The number of nitrogens with one attached hydrogen (secondary N) is 3. The number of aromatic nitrogens is 3. The van der Waals surface area contributed by atoms with Crippen molar-refractivity contribution in [1.29, 1.82) is 0 Å². The number of ether oxygens (including phenoxy) is 1. The fraction of sp³-hybridized carbons (Fsp3) is 0.500. The van der Waals surface area contributed by atoms with Crippen molar-refractivity contribution < 1.29 is 22.7 Å². The lowest BCUT2D eigenvalue weighted by Crippen LogP contribution is -2.36. The molecule has 1 aromatic rings. The highest BCUT2D eigenvalue weighted by atomic mass is 19.4. The third-order valence-electron chi connectivity index (χ3n) is 1.33. The van der Waals surface area contributed by atoms with E-state index in [-0.39, 0.29) is 12.0 Å². The van der Waals surface area contributed by atoms with E-state index in [9.17, 15) is 18.0 Å². The molecule has 16 heavy (non-hydrogen) atoms. The highest BCUT2D eigenvalue weighted by Crippen LogP contribution is 2.12. The molecule has 0 fully saturated rings. The van der Waals surface area contributed by atoms with Crippen molar-refractivity contribution in [2.24, 2.45) is 0 Å². The number of rotatable bonds is 3. The molecule has 0 radical (unpaired) electrons. The molecular formula is C6H8F3N5O2. The minimum Gasteiger partial charge on any atom is -0.466 e. The molecule has 0 bridgehead atoms. The highest BCUT2D eigenvalue weighted by molar-refractivity contribution is 5.87. The number of halogens is 3. The molecule has 0 aromatic carbocycles. The van der Waals surface area contributed by atoms with Gasteiger partial charge in [-0.3, -0.25) is 5.32 Å². The molecule has 0 saturated carbocycles. The van der Waals surface area contributed by atoms with Gasteiger partial charge in [-0.2, -0.15) is 18.2 Å². The lowest BCUT2D eigenvalue weighted by atomic mass is 10.6. The molecule has 0 saturated heterocycles. The second-order valence-corrected chi connectivity index (χ2v) is 2.59. The van der Waals surface area contributed by atoms with Gasteiger partial charge in [0.25, 0.3) is 0 Å². The van der Waals surface area contributed by atoms with E-state index in [0.29, 0.717) is 0 Å². The number of amides is 2. The number of anilines is 1. The van der Waals surface area contributed by atoms with Crippen LogP contribution in [0.4, 0.5) is 23.9 Å². The maximum atomic E-state index is 11.7. The van der Waals surface area contributed by atoms with Crippen LogP contribution < -0.4 is 15.4 Å². The van der Waals surface area contributed by atoms with E-state index in [0.717, 1.165) is 0 Å². The number of nitrogens with zero attached hydrogens (tertiary/aromatic N) is 2. The Morgan fingerprint density at radius 2 is 2.25 bits per heavy atom. The van der Waals surface area contributed by atoms with Gasteiger partial charge in [-0.25, -0.2) is 9.89 Å². The van der Waals surface area contributed by atoms with Gasteiger partial charge in [-0.1, -0.05) is 0 Å². The van der Waals surface area contributed by atoms with Gasteiger partial charge < -0.3 is 10.1 Å². The Morgan fingerprint density at radius 1 is 1.56 bits per heavy atom. The van der Waals surface area contributed by atoms with Gasteiger partial charge in [0.1, 0.15) is 6.54 Å². The number of alkyl halides is 3. The molecule has 1 heterocycles. The molecular weight excluding hydrogens is 231 g/mol. The smallest absolute Gasteiger partial charge is 0.405 e. The highest BCUT2D eigenvalue weighted by Gasteiger charge is 2.27. The molecule has 1 aromatic heterocycles. The van der Waals surface area contributed by atoms with Crippen LogP contribution in [-0.4, -0.2) is 41.0 Å². The van der Waals surface area contributed by atoms with Crippen LogP contribution in [0.2, 0.25) is 0 Å². The number of urea groups is 1. The number of carbonyl (C=O) groups excluding carboxylic acids is 1. The summed E-state index contributed by atoms with van der Waals surface area (Å²) < 4.78 is 39.7. The second kappa shape index (κ2) is 4.68. The molecule has 90 valence electrons. The maximum absolute atomic E-state index is 11.7. The number of hydrogen-bond donors (Lipinski definition) is 3. The zero-order valence-electron chi connectivity index (χ0n) is 8.05. The van der Waals surface area contributed by atoms with E-state index in [1.807, 2.05) is 5.32 Å². The Labute approximate surface area is 87.4 Å². The average Bonchev–Trinajstić information content (AvgIpc) is 2.61. The van der Waals surface area contributed by atoms with E-state index in [2.05, 4.69) is 19.9 Å². The summed E-state index contributed by atoms with van der Waals surface area (Å²) in [4.78, 5) is 14.5. The molecule has 0 aliphatic rings. The lowest BCUT2D eigenvalue weighted by molar-refractivity contribution is -0.122. The average molecular weight is 239 g/mol. The molecule has 3 N–H and O–H groups in total.